The molecule has 8 heteroatoms. The fraction of sp³-hybridized carbons (Fsp3) is 0.333. The Balaban J connectivity index is 1.64. The molecule has 3 heterocycles. The van der Waals surface area contributed by atoms with E-state index in [2.05, 4.69) is 16.9 Å². The van der Waals surface area contributed by atoms with Crippen molar-refractivity contribution in [3.8, 4) is 10.6 Å². The first-order chi connectivity index (χ1) is 12.5. The largest absolute Gasteiger partial charge is 0.352 e. The molecule has 1 fully saturated rings. The standard InChI is InChI=1S/C18H21N3O3S2/c1-2-17(22)20-13-14-8-11-21(12-9-14)26(23,24)18-7-6-16(25-18)15-5-3-4-10-19-15/h2-7,10,14H,1,8-9,11-13H2,(H,20,22). The SMILES string of the molecule is C=CC(=O)NCC1CCN(S(=O)(=O)c2ccc(-c3ccccn3)s2)CC1. The Hall–Kier alpha value is -2.03. The molecule has 0 atom stereocenters. The zero-order chi connectivity index (χ0) is 18.6. The molecule has 0 unspecified atom stereocenters. The number of carbonyl (C=O) groups excluding carboxylic acids is 1. The van der Waals surface area contributed by atoms with E-state index in [1.165, 1.54) is 21.7 Å². The molecule has 0 spiro atoms. The van der Waals surface area contributed by atoms with E-state index in [4.69, 9.17) is 0 Å². The summed E-state index contributed by atoms with van der Waals surface area (Å²) in [5, 5.41) is 2.78. The predicted molar refractivity (Wildman–Crippen MR) is 102 cm³/mol. The molecule has 0 bridgehead atoms. The molecular formula is C18H21N3O3S2. The van der Waals surface area contributed by atoms with E-state index in [0.29, 0.717) is 23.8 Å². The maximum Gasteiger partial charge on any atom is 0.252 e. The molecular weight excluding hydrogens is 370 g/mol. The summed E-state index contributed by atoms with van der Waals surface area (Å²) < 4.78 is 27.6. The van der Waals surface area contributed by atoms with Gasteiger partial charge in [0.1, 0.15) is 4.21 Å². The molecule has 0 aromatic carbocycles. The van der Waals surface area contributed by atoms with Gasteiger partial charge in [0.2, 0.25) is 5.91 Å². The van der Waals surface area contributed by atoms with E-state index in [1.807, 2.05) is 18.2 Å². The lowest BCUT2D eigenvalue weighted by Crippen LogP contribution is -2.41. The average molecular weight is 392 g/mol. The topological polar surface area (TPSA) is 79.4 Å². The Morgan fingerprint density at radius 1 is 1.31 bits per heavy atom. The highest BCUT2D eigenvalue weighted by molar-refractivity contribution is 7.91. The Morgan fingerprint density at radius 2 is 2.08 bits per heavy atom. The van der Waals surface area contributed by atoms with Gasteiger partial charge in [0.05, 0.1) is 10.6 Å². The summed E-state index contributed by atoms with van der Waals surface area (Å²) in [6, 6.07) is 9.03. The lowest BCUT2D eigenvalue weighted by molar-refractivity contribution is -0.116. The van der Waals surface area contributed by atoms with Crippen LogP contribution in [0.5, 0.6) is 0 Å². The Labute approximate surface area is 157 Å². The smallest absolute Gasteiger partial charge is 0.252 e. The van der Waals surface area contributed by atoms with Crippen molar-refractivity contribution in [3.63, 3.8) is 0 Å². The van der Waals surface area contributed by atoms with Crippen molar-refractivity contribution in [2.45, 2.75) is 17.1 Å². The van der Waals surface area contributed by atoms with E-state index in [9.17, 15) is 13.2 Å². The van der Waals surface area contributed by atoms with Crippen LogP contribution < -0.4 is 5.32 Å². The number of nitrogens with zero attached hydrogens (tertiary/aromatic N) is 2. The molecule has 1 amide bonds. The van der Waals surface area contributed by atoms with Crippen LogP contribution in [-0.4, -0.2) is 43.2 Å². The fourth-order valence-corrected chi connectivity index (χ4v) is 5.81. The minimum atomic E-state index is -3.49. The number of nitrogens with one attached hydrogen (secondary N) is 1. The van der Waals surface area contributed by atoms with Crippen LogP contribution in [0.1, 0.15) is 12.8 Å². The Morgan fingerprint density at radius 3 is 2.73 bits per heavy atom. The maximum atomic E-state index is 12.9. The second-order valence-electron chi connectivity index (χ2n) is 6.13. The van der Waals surface area contributed by atoms with Gasteiger partial charge in [-0.25, -0.2) is 8.42 Å². The highest BCUT2D eigenvalue weighted by atomic mass is 32.2. The molecule has 0 aliphatic carbocycles. The van der Waals surface area contributed by atoms with Crippen LogP contribution in [-0.2, 0) is 14.8 Å². The van der Waals surface area contributed by atoms with Crippen LogP contribution in [0.3, 0.4) is 0 Å². The number of aromatic nitrogens is 1. The number of piperidine rings is 1. The van der Waals surface area contributed by atoms with Gasteiger partial charge in [0, 0.05) is 25.8 Å². The minimum absolute atomic E-state index is 0.194. The number of hydrogen-bond acceptors (Lipinski definition) is 5. The number of hydrogen-bond donors (Lipinski definition) is 1. The van der Waals surface area contributed by atoms with Gasteiger partial charge >= 0.3 is 0 Å². The fourth-order valence-electron chi connectivity index (χ4n) is 2.90. The highest BCUT2D eigenvalue weighted by Crippen LogP contribution is 2.32. The molecule has 0 saturated carbocycles. The molecule has 1 aliphatic rings. The first-order valence-corrected chi connectivity index (χ1v) is 10.7. The molecule has 1 N–H and O–H groups in total. The Bertz CT molecular complexity index is 870. The third-order valence-electron chi connectivity index (χ3n) is 4.42. The van der Waals surface area contributed by atoms with E-state index >= 15 is 0 Å². The molecule has 1 aliphatic heterocycles. The van der Waals surface area contributed by atoms with E-state index in [1.54, 1.807) is 18.3 Å². The molecule has 26 heavy (non-hydrogen) atoms. The van der Waals surface area contributed by atoms with Gasteiger partial charge in [-0.1, -0.05) is 12.6 Å². The number of sulfonamides is 1. The quantitative estimate of drug-likeness (QED) is 0.768. The third kappa shape index (κ3) is 4.20. The molecule has 3 rings (SSSR count). The minimum Gasteiger partial charge on any atom is -0.352 e. The lowest BCUT2D eigenvalue weighted by atomic mass is 9.98. The van der Waals surface area contributed by atoms with Gasteiger partial charge in [-0.3, -0.25) is 9.78 Å². The van der Waals surface area contributed by atoms with Gasteiger partial charge in [-0.15, -0.1) is 11.3 Å². The number of carbonyl (C=O) groups is 1. The maximum absolute atomic E-state index is 12.9. The van der Waals surface area contributed by atoms with Crippen LogP contribution in [0, 0.1) is 5.92 Å². The van der Waals surface area contributed by atoms with E-state index in [0.717, 1.165) is 23.4 Å². The van der Waals surface area contributed by atoms with Crippen LogP contribution >= 0.6 is 11.3 Å². The first-order valence-electron chi connectivity index (χ1n) is 8.42. The van der Waals surface area contributed by atoms with Crippen LogP contribution in [0.2, 0.25) is 0 Å². The Kier molecular flexibility index (Phi) is 5.85. The highest BCUT2D eigenvalue weighted by Gasteiger charge is 2.30. The van der Waals surface area contributed by atoms with Gasteiger partial charge < -0.3 is 5.32 Å². The number of amides is 1. The van der Waals surface area contributed by atoms with Gasteiger partial charge in [-0.05, 0) is 49.1 Å². The number of rotatable bonds is 6. The second-order valence-corrected chi connectivity index (χ2v) is 9.38. The van der Waals surface area contributed by atoms with Gasteiger partial charge in [-0.2, -0.15) is 4.31 Å². The molecule has 0 radical (unpaired) electrons. The van der Waals surface area contributed by atoms with Gasteiger partial charge in [0.25, 0.3) is 10.0 Å². The molecule has 2 aromatic heterocycles. The average Bonchev–Trinajstić information content (AvgIpc) is 3.18. The summed E-state index contributed by atoms with van der Waals surface area (Å²) in [4.78, 5) is 16.4. The summed E-state index contributed by atoms with van der Waals surface area (Å²) in [7, 11) is -3.49. The van der Waals surface area contributed by atoms with Crippen LogP contribution in [0.4, 0.5) is 0 Å². The van der Waals surface area contributed by atoms with Crippen molar-refractivity contribution in [1.82, 2.24) is 14.6 Å². The number of pyridine rings is 1. The number of thiophene rings is 1. The van der Waals surface area contributed by atoms with Crippen molar-refractivity contribution in [2.75, 3.05) is 19.6 Å². The van der Waals surface area contributed by atoms with Crippen molar-refractivity contribution >= 4 is 27.3 Å². The molecule has 2 aromatic rings. The molecule has 6 nitrogen and oxygen atoms in total. The van der Waals surface area contributed by atoms with E-state index < -0.39 is 10.0 Å². The van der Waals surface area contributed by atoms with E-state index in [-0.39, 0.29) is 11.8 Å². The normalized spacial score (nSPS) is 16.3. The summed E-state index contributed by atoms with van der Waals surface area (Å²) in [5.74, 6) is 0.0958. The van der Waals surface area contributed by atoms with Crippen molar-refractivity contribution in [2.24, 2.45) is 5.92 Å². The summed E-state index contributed by atoms with van der Waals surface area (Å²) in [5.41, 5.74) is 0.774. The zero-order valence-electron chi connectivity index (χ0n) is 14.3. The van der Waals surface area contributed by atoms with Crippen molar-refractivity contribution in [3.05, 3.63) is 49.2 Å². The summed E-state index contributed by atoms with van der Waals surface area (Å²) >= 11 is 1.24. The first kappa shape index (κ1) is 18.8. The van der Waals surface area contributed by atoms with Crippen molar-refractivity contribution < 1.29 is 13.2 Å². The summed E-state index contributed by atoms with van der Waals surface area (Å²) in [6.07, 6.45) is 4.40. The van der Waals surface area contributed by atoms with Crippen molar-refractivity contribution in [1.29, 1.82) is 0 Å². The van der Waals surface area contributed by atoms with Crippen LogP contribution in [0.25, 0.3) is 10.6 Å². The molecule has 138 valence electrons. The second kappa shape index (κ2) is 8.11. The van der Waals surface area contributed by atoms with Gasteiger partial charge in [0.15, 0.2) is 0 Å². The monoisotopic (exact) mass is 391 g/mol. The predicted octanol–water partition coefficient (Wildman–Crippen LogP) is 2.51. The summed E-state index contributed by atoms with van der Waals surface area (Å²) in [6.45, 7) is 4.91. The van der Waals surface area contributed by atoms with Crippen LogP contribution in [0.15, 0.2) is 53.4 Å². The third-order valence-corrected chi connectivity index (χ3v) is 7.89. The zero-order valence-corrected chi connectivity index (χ0v) is 15.9. The lowest BCUT2D eigenvalue weighted by Gasteiger charge is -2.30. The molecule has 1 saturated heterocycles.